The van der Waals surface area contributed by atoms with Crippen LogP contribution in [0.4, 0.5) is 4.79 Å². The van der Waals surface area contributed by atoms with Crippen molar-refractivity contribution < 1.29 is 37.7 Å². The molecule has 2 heterocycles. The lowest BCUT2D eigenvalue weighted by Gasteiger charge is -2.37. The second-order valence-electron chi connectivity index (χ2n) is 12.9. The minimum Gasteiger partial charge on any atom is -0.496 e. The largest absolute Gasteiger partial charge is 0.528 e. The highest BCUT2D eigenvalue weighted by Gasteiger charge is 2.34. The summed E-state index contributed by atoms with van der Waals surface area (Å²) in [6.45, 7) is 6.79. The lowest BCUT2D eigenvalue weighted by atomic mass is 9.87. The van der Waals surface area contributed by atoms with Gasteiger partial charge in [-0.2, -0.15) is 0 Å². The Balaban J connectivity index is 1.17. The summed E-state index contributed by atoms with van der Waals surface area (Å²) < 4.78 is 35.6. The van der Waals surface area contributed by atoms with Gasteiger partial charge in [0.2, 0.25) is 5.89 Å². The van der Waals surface area contributed by atoms with Gasteiger partial charge in [0, 0.05) is 34.4 Å². The van der Waals surface area contributed by atoms with Crippen molar-refractivity contribution in [3.63, 3.8) is 0 Å². The molecule has 0 saturated carbocycles. The van der Waals surface area contributed by atoms with E-state index in [2.05, 4.69) is 17.1 Å². The fourth-order valence-electron chi connectivity index (χ4n) is 6.03. The molecule has 10 heteroatoms. The van der Waals surface area contributed by atoms with E-state index in [-0.39, 0.29) is 25.2 Å². The molecule has 0 aliphatic carbocycles. The molecule has 0 bridgehead atoms. The third kappa shape index (κ3) is 8.33. The van der Waals surface area contributed by atoms with E-state index in [0.717, 1.165) is 39.0 Å². The van der Waals surface area contributed by atoms with Crippen LogP contribution in [0.15, 0.2) is 95.5 Å². The molecule has 1 saturated heterocycles. The maximum Gasteiger partial charge on any atom is 0.528 e. The van der Waals surface area contributed by atoms with E-state index in [1.165, 1.54) is 0 Å². The van der Waals surface area contributed by atoms with Crippen molar-refractivity contribution in [3.8, 4) is 28.7 Å². The van der Waals surface area contributed by atoms with Crippen LogP contribution in [0.1, 0.15) is 50.0 Å². The van der Waals surface area contributed by atoms with Crippen molar-refractivity contribution in [2.24, 2.45) is 0 Å². The van der Waals surface area contributed by atoms with Crippen molar-refractivity contribution in [3.05, 3.63) is 108 Å². The van der Waals surface area contributed by atoms with Gasteiger partial charge in [0.15, 0.2) is 5.76 Å². The number of carbonyl (C=O) groups excluding carboxylic acids is 1. The van der Waals surface area contributed by atoms with Crippen molar-refractivity contribution in [2.75, 3.05) is 27.3 Å². The zero-order valence-electron chi connectivity index (χ0n) is 28.5. The van der Waals surface area contributed by atoms with E-state index in [0.29, 0.717) is 36.9 Å². The number of fused-ring (bicyclic) bond motifs is 1. The molecule has 2 atom stereocenters. The lowest BCUT2D eigenvalue weighted by molar-refractivity contribution is -0.179. The van der Waals surface area contributed by atoms with E-state index >= 15 is 0 Å². The fourth-order valence-corrected chi connectivity index (χ4v) is 6.03. The normalized spacial score (nSPS) is 16.7. The van der Waals surface area contributed by atoms with Gasteiger partial charge in [-0.05, 0) is 63.1 Å². The molecular formula is C39H42N2O8. The predicted molar refractivity (Wildman–Crippen MR) is 185 cm³/mol. The average molecular weight is 667 g/mol. The van der Waals surface area contributed by atoms with Gasteiger partial charge in [0.25, 0.3) is 0 Å². The summed E-state index contributed by atoms with van der Waals surface area (Å²) in [6, 6.07) is 27.7. The molecule has 10 nitrogen and oxygen atoms in total. The molecule has 0 radical (unpaired) electrons. The molecule has 5 aromatic rings. The van der Waals surface area contributed by atoms with Gasteiger partial charge < -0.3 is 32.9 Å². The van der Waals surface area contributed by atoms with Crippen LogP contribution in [0.5, 0.6) is 17.2 Å². The van der Waals surface area contributed by atoms with Crippen molar-refractivity contribution in [1.29, 1.82) is 0 Å². The average Bonchev–Trinajstić information content (AvgIpc) is 3.58. The van der Waals surface area contributed by atoms with Crippen LogP contribution >= 0.6 is 0 Å². The van der Waals surface area contributed by atoms with Gasteiger partial charge >= 0.3 is 6.16 Å². The van der Waals surface area contributed by atoms with Gasteiger partial charge in [-0.15, -0.1) is 5.06 Å². The summed E-state index contributed by atoms with van der Waals surface area (Å²) in [5.74, 6) is 3.38. The third-order valence-electron chi connectivity index (χ3n) is 8.29. The zero-order valence-corrected chi connectivity index (χ0v) is 28.5. The topological polar surface area (TPSA) is 102 Å². The Bertz CT molecular complexity index is 1850. The first-order chi connectivity index (χ1) is 23.7. The van der Waals surface area contributed by atoms with Crippen molar-refractivity contribution in [1.82, 2.24) is 10.0 Å². The SMILES string of the molecule is COc1cc(COC2CN(OC(=O)OC(C)(C)C)CCC2c2ccc(OCc3cnc(-c4ccccc4)o3)cc2)c(OC)c2ccccc12. The van der Waals surface area contributed by atoms with Crippen molar-refractivity contribution in [2.45, 2.75) is 58.0 Å². The molecule has 1 fully saturated rings. The number of nitrogens with zero attached hydrogens (tertiary/aromatic N) is 2. The first-order valence-electron chi connectivity index (χ1n) is 16.3. The number of methoxy groups -OCH3 is 2. The fraction of sp³-hybridized carbons (Fsp3) is 0.333. The van der Waals surface area contributed by atoms with Gasteiger partial charge in [-0.1, -0.05) is 54.6 Å². The summed E-state index contributed by atoms with van der Waals surface area (Å²) in [6.07, 6.45) is 1.31. The van der Waals surface area contributed by atoms with Crippen LogP contribution in [0.2, 0.25) is 0 Å². The van der Waals surface area contributed by atoms with E-state index in [1.807, 2.05) is 72.8 Å². The number of benzene rings is 4. The number of rotatable bonds is 11. The molecule has 49 heavy (non-hydrogen) atoms. The monoisotopic (exact) mass is 666 g/mol. The van der Waals surface area contributed by atoms with Crippen LogP contribution in [-0.4, -0.2) is 55.2 Å². The minimum absolute atomic E-state index is 0.0172. The molecule has 2 unspecified atom stereocenters. The Hall–Kier alpha value is -5.06. The molecule has 0 amide bonds. The number of oxazole rings is 1. The van der Waals surface area contributed by atoms with Crippen LogP contribution < -0.4 is 14.2 Å². The molecular weight excluding hydrogens is 624 g/mol. The number of aromatic nitrogens is 1. The van der Waals surface area contributed by atoms with Crippen LogP contribution in [0, 0.1) is 0 Å². The van der Waals surface area contributed by atoms with E-state index in [4.69, 9.17) is 32.9 Å². The number of carbonyl (C=O) groups is 1. The molecule has 0 spiro atoms. The highest BCUT2D eigenvalue weighted by Crippen LogP contribution is 2.38. The number of piperidine rings is 1. The molecule has 256 valence electrons. The van der Waals surface area contributed by atoms with Crippen LogP contribution in [-0.2, 0) is 27.5 Å². The Labute approximate surface area is 286 Å². The number of hydrogen-bond acceptors (Lipinski definition) is 10. The Kier molecular flexibility index (Phi) is 10.4. The predicted octanol–water partition coefficient (Wildman–Crippen LogP) is 8.33. The van der Waals surface area contributed by atoms with Gasteiger partial charge in [-0.25, -0.2) is 9.78 Å². The number of hydroxylamine groups is 2. The molecule has 6 rings (SSSR count). The first-order valence-corrected chi connectivity index (χ1v) is 16.3. The highest BCUT2D eigenvalue weighted by molar-refractivity contribution is 5.94. The summed E-state index contributed by atoms with van der Waals surface area (Å²) in [5, 5.41) is 3.52. The van der Waals surface area contributed by atoms with Crippen LogP contribution in [0.25, 0.3) is 22.2 Å². The highest BCUT2D eigenvalue weighted by atomic mass is 16.8. The Morgan fingerprint density at radius 1 is 0.918 bits per heavy atom. The maximum atomic E-state index is 12.5. The minimum atomic E-state index is -0.741. The summed E-state index contributed by atoms with van der Waals surface area (Å²) in [7, 11) is 3.31. The third-order valence-corrected chi connectivity index (χ3v) is 8.29. The van der Waals surface area contributed by atoms with Gasteiger partial charge in [0.1, 0.15) is 29.5 Å². The van der Waals surface area contributed by atoms with Gasteiger partial charge in [-0.3, -0.25) is 0 Å². The van der Waals surface area contributed by atoms with E-state index in [1.54, 1.807) is 46.3 Å². The number of ether oxygens (including phenoxy) is 5. The summed E-state index contributed by atoms with van der Waals surface area (Å²) in [5.41, 5.74) is 2.19. The Morgan fingerprint density at radius 2 is 1.65 bits per heavy atom. The first kappa shape index (κ1) is 33.8. The molecule has 0 N–H and O–H groups in total. The second kappa shape index (κ2) is 15.0. The zero-order chi connectivity index (χ0) is 34.4. The maximum absolute atomic E-state index is 12.5. The second-order valence-corrected chi connectivity index (χ2v) is 12.9. The molecule has 1 aliphatic heterocycles. The summed E-state index contributed by atoms with van der Waals surface area (Å²) in [4.78, 5) is 22.5. The molecule has 1 aliphatic rings. The quantitative estimate of drug-likeness (QED) is 0.128. The van der Waals surface area contributed by atoms with Crippen molar-refractivity contribution >= 4 is 16.9 Å². The summed E-state index contributed by atoms with van der Waals surface area (Å²) >= 11 is 0. The number of hydrogen-bond donors (Lipinski definition) is 0. The Morgan fingerprint density at radius 3 is 2.37 bits per heavy atom. The smallest absolute Gasteiger partial charge is 0.496 e. The van der Waals surface area contributed by atoms with E-state index in [9.17, 15) is 4.79 Å². The lowest BCUT2D eigenvalue weighted by Crippen LogP contribution is -2.45. The molecule has 1 aromatic heterocycles. The standard InChI is InChI=1S/C39H42N2O8/c1-39(2,3)48-38(42)49-41-20-19-31(35(23-41)46-24-28-21-34(43-4)32-13-9-10-14-33(32)36(28)44-5)26-15-17-29(18-16-26)45-25-30-22-40-37(47-30)27-11-7-6-8-12-27/h6-18,21-22,31,35H,19-20,23-25H2,1-5H3. The van der Waals surface area contributed by atoms with Crippen LogP contribution in [0.3, 0.4) is 0 Å². The van der Waals surface area contributed by atoms with E-state index < -0.39 is 11.8 Å². The van der Waals surface area contributed by atoms with Gasteiger partial charge in [0.05, 0.1) is 39.7 Å². The molecule has 4 aromatic carbocycles.